The van der Waals surface area contributed by atoms with Crippen LogP contribution in [0.5, 0.6) is 0 Å². The molecule has 2 rings (SSSR count). The largest absolute Gasteiger partial charge is 0.393 e. The lowest BCUT2D eigenvalue weighted by Gasteiger charge is -2.26. The number of urea groups is 1. The summed E-state index contributed by atoms with van der Waals surface area (Å²) in [7, 11) is 0. The van der Waals surface area contributed by atoms with Gasteiger partial charge in [0.2, 0.25) is 0 Å². The van der Waals surface area contributed by atoms with E-state index in [-0.39, 0.29) is 24.2 Å². The number of hydrogen-bond acceptors (Lipinski definition) is 3. The number of amides is 2. The van der Waals surface area contributed by atoms with E-state index in [1.165, 1.54) is 0 Å². The second kappa shape index (κ2) is 6.26. The van der Waals surface area contributed by atoms with Gasteiger partial charge in [0.1, 0.15) is 5.82 Å². The number of nitrogens with one attached hydrogen (secondary N) is 1. The molecule has 2 N–H and O–H groups in total. The number of carbonyl (C=O) groups is 1. The molecule has 1 fully saturated rings. The molecule has 0 aromatic carbocycles. The van der Waals surface area contributed by atoms with Crippen LogP contribution in [0.25, 0.3) is 0 Å². The number of aliphatic hydroxyl groups is 1. The number of likely N-dealkylation sites (tertiary alicyclic amines) is 1. The summed E-state index contributed by atoms with van der Waals surface area (Å²) >= 11 is 0. The molecule has 1 saturated heterocycles. The van der Waals surface area contributed by atoms with Crippen molar-refractivity contribution in [2.24, 2.45) is 0 Å². The number of carbonyl (C=O) groups excluding carboxylic acids is 1. The van der Waals surface area contributed by atoms with Crippen LogP contribution in [-0.4, -0.2) is 44.5 Å². The fourth-order valence-electron chi connectivity index (χ4n) is 2.75. The van der Waals surface area contributed by atoms with Gasteiger partial charge < -0.3 is 10.0 Å². The first-order valence-corrected chi connectivity index (χ1v) is 7.28. The summed E-state index contributed by atoms with van der Waals surface area (Å²) in [6.45, 7) is 6.56. The van der Waals surface area contributed by atoms with E-state index < -0.39 is 0 Å². The van der Waals surface area contributed by atoms with Crippen molar-refractivity contribution in [3.63, 3.8) is 0 Å². The first kappa shape index (κ1) is 14.8. The van der Waals surface area contributed by atoms with Crippen LogP contribution >= 0.6 is 0 Å². The van der Waals surface area contributed by atoms with Gasteiger partial charge in [0.25, 0.3) is 0 Å². The monoisotopic (exact) mass is 280 g/mol. The van der Waals surface area contributed by atoms with E-state index >= 15 is 0 Å². The maximum Gasteiger partial charge on any atom is 0.323 e. The van der Waals surface area contributed by atoms with Gasteiger partial charge in [-0.3, -0.25) is 5.32 Å². The molecule has 20 heavy (non-hydrogen) atoms. The maximum atomic E-state index is 12.4. The van der Waals surface area contributed by atoms with Crippen molar-refractivity contribution in [1.29, 1.82) is 0 Å². The zero-order valence-corrected chi connectivity index (χ0v) is 12.4. The predicted octanol–water partition coefficient (Wildman–Crippen LogP) is 2.23. The van der Waals surface area contributed by atoms with Gasteiger partial charge in [0.15, 0.2) is 0 Å². The highest BCUT2D eigenvalue weighted by Crippen LogP contribution is 2.23. The van der Waals surface area contributed by atoms with Crippen molar-refractivity contribution in [3.8, 4) is 0 Å². The van der Waals surface area contributed by atoms with Gasteiger partial charge in [-0.25, -0.2) is 9.48 Å². The number of anilines is 1. The first-order chi connectivity index (χ1) is 9.49. The summed E-state index contributed by atoms with van der Waals surface area (Å²) in [4.78, 5) is 14.2. The third-order valence-electron chi connectivity index (χ3n) is 3.65. The van der Waals surface area contributed by atoms with Crippen LogP contribution in [0, 0.1) is 0 Å². The van der Waals surface area contributed by atoms with Crippen molar-refractivity contribution in [1.82, 2.24) is 14.7 Å². The third-order valence-corrected chi connectivity index (χ3v) is 3.65. The van der Waals surface area contributed by atoms with E-state index in [0.29, 0.717) is 12.2 Å². The van der Waals surface area contributed by atoms with Crippen molar-refractivity contribution in [2.45, 2.75) is 58.2 Å². The zero-order chi connectivity index (χ0) is 14.7. The average Bonchev–Trinajstić information content (AvgIpc) is 2.96. The summed E-state index contributed by atoms with van der Waals surface area (Å²) in [5.74, 6) is 0.715. The van der Waals surface area contributed by atoms with Crippen LogP contribution in [0.1, 0.15) is 46.1 Å². The van der Waals surface area contributed by atoms with E-state index in [9.17, 15) is 9.90 Å². The molecule has 0 unspecified atom stereocenters. The van der Waals surface area contributed by atoms with Crippen LogP contribution in [0.15, 0.2) is 12.3 Å². The molecule has 1 aliphatic heterocycles. The molecule has 2 heterocycles. The third kappa shape index (κ3) is 3.30. The molecular weight excluding hydrogens is 256 g/mol. The molecule has 0 aliphatic carbocycles. The SMILES string of the molecule is CC(C)n1nccc1NC(=O)N1CCC[C@@H]1C[C@H](C)O. The van der Waals surface area contributed by atoms with E-state index in [2.05, 4.69) is 10.4 Å². The van der Waals surface area contributed by atoms with Crippen LogP contribution in [0.3, 0.4) is 0 Å². The fourth-order valence-corrected chi connectivity index (χ4v) is 2.75. The summed E-state index contributed by atoms with van der Waals surface area (Å²) in [5, 5.41) is 16.6. The quantitative estimate of drug-likeness (QED) is 0.888. The van der Waals surface area contributed by atoms with Crippen LogP contribution < -0.4 is 5.32 Å². The van der Waals surface area contributed by atoms with Crippen molar-refractivity contribution >= 4 is 11.8 Å². The molecule has 112 valence electrons. The number of rotatable bonds is 4. The van der Waals surface area contributed by atoms with E-state index in [4.69, 9.17) is 0 Å². The Hall–Kier alpha value is -1.56. The molecule has 1 aliphatic rings. The molecule has 6 heteroatoms. The van der Waals surface area contributed by atoms with Crippen molar-refractivity contribution in [3.05, 3.63) is 12.3 Å². The first-order valence-electron chi connectivity index (χ1n) is 7.28. The minimum absolute atomic E-state index is 0.101. The highest BCUT2D eigenvalue weighted by molar-refractivity contribution is 5.88. The molecule has 1 aromatic rings. The lowest BCUT2D eigenvalue weighted by molar-refractivity contribution is 0.142. The van der Waals surface area contributed by atoms with Gasteiger partial charge in [0, 0.05) is 24.7 Å². The van der Waals surface area contributed by atoms with Crippen LogP contribution in [0.2, 0.25) is 0 Å². The lowest BCUT2D eigenvalue weighted by Crippen LogP contribution is -2.40. The van der Waals surface area contributed by atoms with E-state index in [0.717, 1.165) is 19.4 Å². The predicted molar refractivity (Wildman–Crippen MR) is 77.7 cm³/mol. The van der Waals surface area contributed by atoms with Gasteiger partial charge in [-0.15, -0.1) is 0 Å². The average molecular weight is 280 g/mol. The summed E-state index contributed by atoms with van der Waals surface area (Å²) < 4.78 is 1.79. The highest BCUT2D eigenvalue weighted by atomic mass is 16.3. The summed E-state index contributed by atoms with van der Waals surface area (Å²) in [5.41, 5.74) is 0. The number of hydrogen-bond donors (Lipinski definition) is 2. The second-order valence-electron chi connectivity index (χ2n) is 5.76. The maximum absolute atomic E-state index is 12.4. The zero-order valence-electron chi connectivity index (χ0n) is 12.4. The van der Waals surface area contributed by atoms with Gasteiger partial charge in [-0.1, -0.05) is 0 Å². The number of nitrogens with zero attached hydrogens (tertiary/aromatic N) is 3. The van der Waals surface area contributed by atoms with Crippen molar-refractivity contribution in [2.75, 3.05) is 11.9 Å². The molecule has 2 atom stereocenters. The number of aliphatic hydroxyl groups excluding tert-OH is 1. The van der Waals surface area contributed by atoms with Crippen LogP contribution in [0.4, 0.5) is 10.6 Å². The molecule has 1 aromatic heterocycles. The molecular formula is C14H24N4O2. The van der Waals surface area contributed by atoms with Crippen molar-refractivity contribution < 1.29 is 9.90 Å². The van der Waals surface area contributed by atoms with Gasteiger partial charge >= 0.3 is 6.03 Å². The Labute approximate surface area is 119 Å². The highest BCUT2D eigenvalue weighted by Gasteiger charge is 2.30. The minimum atomic E-state index is -0.380. The standard InChI is InChI=1S/C14H24N4O2/c1-10(2)18-13(6-7-15-18)16-14(20)17-8-4-5-12(17)9-11(3)19/h6-7,10-12,19H,4-5,8-9H2,1-3H3,(H,16,20)/t11-,12+/m0/s1. The summed E-state index contributed by atoms with van der Waals surface area (Å²) in [6, 6.07) is 2.03. The normalized spacial score (nSPS) is 20.4. The molecule has 0 saturated carbocycles. The Morgan fingerprint density at radius 2 is 2.30 bits per heavy atom. The van der Waals surface area contributed by atoms with Gasteiger partial charge in [-0.05, 0) is 40.0 Å². The molecule has 6 nitrogen and oxygen atoms in total. The fraction of sp³-hybridized carbons (Fsp3) is 0.714. The van der Waals surface area contributed by atoms with Gasteiger partial charge in [-0.2, -0.15) is 5.10 Å². The Morgan fingerprint density at radius 1 is 1.55 bits per heavy atom. The Bertz CT molecular complexity index is 456. The molecule has 0 spiro atoms. The molecule has 2 amide bonds. The number of aromatic nitrogens is 2. The van der Waals surface area contributed by atoms with E-state index in [1.807, 2.05) is 18.7 Å². The van der Waals surface area contributed by atoms with E-state index in [1.54, 1.807) is 23.9 Å². The topological polar surface area (TPSA) is 70.4 Å². The second-order valence-corrected chi connectivity index (χ2v) is 5.76. The minimum Gasteiger partial charge on any atom is -0.393 e. The van der Waals surface area contributed by atoms with Gasteiger partial charge in [0.05, 0.1) is 12.3 Å². The Morgan fingerprint density at radius 3 is 2.95 bits per heavy atom. The van der Waals surface area contributed by atoms with Crippen LogP contribution in [-0.2, 0) is 0 Å². The Kier molecular flexibility index (Phi) is 4.65. The Balaban J connectivity index is 2.02. The molecule has 0 bridgehead atoms. The summed E-state index contributed by atoms with van der Waals surface area (Å²) in [6.07, 6.45) is 3.90. The molecule has 0 radical (unpaired) electrons. The smallest absolute Gasteiger partial charge is 0.323 e. The lowest BCUT2D eigenvalue weighted by atomic mass is 10.1.